The summed E-state index contributed by atoms with van der Waals surface area (Å²) in [6.45, 7) is 0. The molecule has 4 heteroatoms. The van der Waals surface area contributed by atoms with Gasteiger partial charge >= 0.3 is 0 Å². The van der Waals surface area contributed by atoms with Crippen molar-refractivity contribution >= 4 is 11.4 Å². The molecule has 0 aliphatic rings. The van der Waals surface area contributed by atoms with E-state index in [-0.39, 0.29) is 22.7 Å². The maximum atomic E-state index is 9.15. The number of phenolic OH excluding ortho intramolecular Hbond substituents is 1. The Morgan fingerprint density at radius 3 is 2.55 bits per heavy atom. The summed E-state index contributed by atoms with van der Waals surface area (Å²) in [5, 5.41) is 17.6. The smallest absolute Gasteiger partial charge is 0.158 e. The van der Waals surface area contributed by atoms with Crippen molar-refractivity contribution in [1.82, 2.24) is 0 Å². The van der Waals surface area contributed by atoms with E-state index in [1.807, 2.05) is 0 Å². The summed E-state index contributed by atoms with van der Waals surface area (Å²) >= 11 is 0. The first kappa shape index (κ1) is 7.22. The third-order valence-corrected chi connectivity index (χ3v) is 1.37. The molecule has 1 rings (SSSR count). The van der Waals surface area contributed by atoms with Gasteiger partial charge in [0.05, 0.1) is 16.9 Å². The lowest BCUT2D eigenvalue weighted by molar-refractivity contribution is 0.476. The normalized spacial score (nSPS) is 9.00. The molecule has 0 fully saturated rings. The lowest BCUT2D eigenvalue weighted by Gasteiger charge is -2.02. The van der Waals surface area contributed by atoms with Crippen molar-refractivity contribution in [2.75, 3.05) is 11.5 Å². The first-order valence-corrected chi connectivity index (χ1v) is 2.94. The molecule has 0 aliphatic carbocycles. The maximum Gasteiger partial charge on any atom is 0.158 e. The Morgan fingerprint density at radius 2 is 2.00 bits per heavy atom. The van der Waals surface area contributed by atoms with Crippen LogP contribution >= 0.6 is 0 Å². The zero-order chi connectivity index (χ0) is 8.43. The largest absolute Gasteiger partial charge is 0.504 e. The van der Waals surface area contributed by atoms with Crippen molar-refractivity contribution in [3.63, 3.8) is 0 Å². The van der Waals surface area contributed by atoms with E-state index in [2.05, 4.69) is 0 Å². The Morgan fingerprint density at radius 1 is 1.36 bits per heavy atom. The standard InChI is InChI=1S/C7H7N3O/c8-3-4-1-2-5(9)6(10)7(4)11/h1-2,11H,9-10H2. The SMILES string of the molecule is N#Cc1ccc(N)c(N)c1O. The van der Waals surface area contributed by atoms with Gasteiger partial charge in [-0.25, -0.2) is 0 Å². The molecule has 0 saturated carbocycles. The van der Waals surface area contributed by atoms with Crippen molar-refractivity contribution in [3.8, 4) is 11.8 Å². The molecule has 1 aromatic rings. The Hall–Kier alpha value is -1.89. The number of rotatable bonds is 0. The molecule has 0 heterocycles. The third kappa shape index (κ3) is 1.03. The van der Waals surface area contributed by atoms with E-state index in [0.717, 1.165) is 0 Å². The molecule has 0 aliphatic heterocycles. The van der Waals surface area contributed by atoms with Gasteiger partial charge in [0.1, 0.15) is 6.07 Å². The van der Waals surface area contributed by atoms with Crippen LogP contribution in [0, 0.1) is 11.3 Å². The molecule has 56 valence electrons. The van der Waals surface area contributed by atoms with Gasteiger partial charge in [0.2, 0.25) is 0 Å². The van der Waals surface area contributed by atoms with Crippen molar-refractivity contribution in [3.05, 3.63) is 17.7 Å². The van der Waals surface area contributed by atoms with E-state index in [0.29, 0.717) is 0 Å². The fourth-order valence-electron chi connectivity index (χ4n) is 0.714. The molecule has 0 bridgehead atoms. The number of anilines is 2. The highest BCUT2D eigenvalue weighted by atomic mass is 16.3. The average Bonchev–Trinajstić information content (AvgIpc) is 2.01. The van der Waals surface area contributed by atoms with Gasteiger partial charge in [-0.2, -0.15) is 5.26 Å². The Bertz CT molecular complexity index is 327. The third-order valence-electron chi connectivity index (χ3n) is 1.37. The number of aromatic hydroxyl groups is 1. The minimum Gasteiger partial charge on any atom is -0.504 e. The van der Waals surface area contributed by atoms with Crippen LogP contribution < -0.4 is 11.5 Å². The van der Waals surface area contributed by atoms with E-state index in [1.165, 1.54) is 12.1 Å². The Kier molecular flexibility index (Phi) is 1.57. The highest BCUT2D eigenvalue weighted by Gasteiger charge is 2.05. The minimum absolute atomic E-state index is 0.0593. The van der Waals surface area contributed by atoms with Gasteiger partial charge in [-0.1, -0.05) is 0 Å². The van der Waals surface area contributed by atoms with Crippen molar-refractivity contribution in [2.45, 2.75) is 0 Å². The van der Waals surface area contributed by atoms with Crippen LogP contribution in [0.25, 0.3) is 0 Å². The number of phenols is 1. The number of hydrogen-bond acceptors (Lipinski definition) is 4. The van der Waals surface area contributed by atoms with Crippen molar-refractivity contribution in [2.24, 2.45) is 0 Å². The van der Waals surface area contributed by atoms with Crippen molar-refractivity contribution < 1.29 is 5.11 Å². The van der Waals surface area contributed by atoms with Gasteiger partial charge in [0.15, 0.2) is 5.75 Å². The molecule has 0 aromatic heterocycles. The zero-order valence-electron chi connectivity index (χ0n) is 5.70. The number of nitrogens with zero attached hydrogens (tertiary/aromatic N) is 1. The van der Waals surface area contributed by atoms with Crippen LogP contribution in [0.15, 0.2) is 12.1 Å². The molecule has 5 N–H and O–H groups in total. The van der Waals surface area contributed by atoms with Gasteiger partial charge in [-0.3, -0.25) is 0 Å². The van der Waals surface area contributed by atoms with Gasteiger partial charge < -0.3 is 16.6 Å². The molecule has 1 aromatic carbocycles. The lowest BCUT2D eigenvalue weighted by Crippen LogP contribution is -1.95. The van der Waals surface area contributed by atoms with Crippen LogP contribution in [0.5, 0.6) is 5.75 Å². The molecule has 11 heavy (non-hydrogen) atoms. The number of hydrogen-bond donors (Lipinski definition) is 3. The summed E-state index contributed by atoms with van der Waals surface area (Å²) in [6.07, 6.45) is 0. The maximum absolute atomic E-state index is 9.15. The molecule has 4 nitrogen and oxygen atoms in total. The average molecular weight is 149 g/mol. The number of benzene rings is 1. The number of nitrogens with two attached hydrogens (primary N) is 2. The molecule has 0 spiro atoms. The second-order valence-electron chi connectivity index (χ2n) is 2.08. The van der Waals surface area contributed by atoms with Crippen LogP contribution in [0.4, 0.5) is 11.4 Å². The van der Waals surface area contributed by atoms with E-state index in [4.69, 9.17) is 21.8 Å². The summed E-state index contributed by atoms with van der Waals surface area (Å²) in [5.41, 5.74) is 11.2. The van der Waals surface area contributed by atoms with Crippen LogP contribution in [0.2, 0.25) is 0 Å². The van der Waals surface area contributed by atoms with E-state index < -0.39 is 0 Å². The number of nitriles is 1. The zero-order valence-corrected chi connectivity index (χ0v) is 5.70. The molecule has 0 radical (unpaired) electrons. The van der Waals surface area contributed by atoms with E-state index in [9.17, 15) is 0 Å². The van der Waals surface area contributed by atoms with Gasteiger partial charge in [-0.15, -0.1) is 0 Å². The van der Waals surface area contributed by atoms with Crippen LogP contribution in [0.1, 0.15) is 5.56 Å². The van der Waals surface area contributed by atoms with Crippen LogP contribution in [-0.4, -0.2) is 5.11 Å². The number of nitrogen functional groups attached to an aromatic ring is 2. The molecular weight excluding hydrogens is 142 g/mol. The molecular formula is C7H7N3O. The second kappa shape index (κ2) is 2.39. The van der Waals surface area contributed by atoms with Gasteiger partial charge in [0.25, 0.3) is 0 Å². The fourth-order valence-corrected chi connectivity index (χ4v) is 0.714. The Labute approximate surface area is 63.7 Å². The predicted octanol–water partition coefficient (Wildman–Crippen LogP) is 0.428. The monoisotopic (exact) mass is 149 g/mol. The van der Waals surface area contributed by atoms with Crippen LogP contribution in [0.3, 0.4) is 0 Å². The van der Waals surface area contributed by atoms with Crippen LogP contribution in [-0.2, 0) is 0 Å². The summed E-state index contributed by atoms with van der Waals surface area (Å²) in [6, 6.07) is 4.68. The first-order valence-electron chi connectivity index (χ1n) is 2.94. The fraction of sp³-hybridized carbons (Fsp3) is 0. The van der Waals surface area contributed by atoms with Gasteiger partial charge in [-0.05, 0) is 12.1 Å². The highest BCUT2D eigenvalue weighted by molar-refractivity contribution is 5.74. The van der Waals surface area contributed by atoms with Crippen molar-refractivity contribution in [1.29, 1.82) is 5.26 Å². The Balaban J connectivity index is 3.40. The first-order chi connectivity index (χ1) is 5.16. The molecule has 0 unspecified atom stereocenters. The highest BCUT2D eigenvalue weighted by Crippen LogP contribution is 2.29. The second-order valence-corrected chi connectivity index (χ2v) is 2.08. The summed E-state index contributed by atoms with van der Waals surface area (Å²) in [5.74, 6) is -0.243. The predicted molar refractivity (Wildman–Crippen MR) is 41.6 cm³/mol. The molecule has 0 amide bonds. The summed E-state index contributed by atoms with van der Waals surface area (Å²) in [7, 11) is 0. The summed E-state index contributed by atoms with van der Waals surface area (Å²) in [4.78, 5) is 0. The lowest BCUT2D eigenvalue weighted by atomic mass is 10.1. The quantitative estimate of drug-likeness (QED) is 0.368. The van der Waals surface area contributed by atoms with E-state index in [1.54, 1.807) is 6.07 Å². The van der Waals surface area contributed by atoms with E-state index >= 15 is 0 Å². The molecule has 0 atom stereocenters. The summed E-state index contributed by atoms with van der Waals surface area (Å²) < 4.78 is 0. The molecule has 0 saturated heterocycles. The topological polar surface area (TPSA) is 96.1 Å². The minimum atomic E-state index is -0.243. The van der Waals surface area contributed by atoms with Gasteiger partial charge in [0, 0.05) is 0 Å².